The van der Waals surface area contributed by atoms with Gasteiger partial charge in [0.05, 0.1) is 0 Å². The number of likely N-dealkylation sites (tertiary alicyclic amines) is 1. The number of alkyl halides is 3. The number of carboxylic acid groups (broad SMARTS) is 1. The van der Waals surface area contributed by atoms with Gasteiger partial charge in [0.1, 0.15) is 5.82 Å². The largest absolute Gasteiger partial charge is 0.490 e. The van der Waals surface area contributed by atoms with Crippen molar-refractivity contribution in [1.82, 2.24) is 10.2 Å². The molecule has 0 bridgehead atoms. The second-order valence-electron chi connectivity index (χ2n) is 7.75. The highest BCUT2D eigenvalue weighted by Gasteiger charge is 2.38. The van der Waals surface area contributed by atoms with Crippen molar-refractivity contribution in [3.63, 3.8) is 0 Å². The summed E-state index contributed by atoms with van der Waals surface area (Å²) < 4.78 is 45.0. The number of rotatable bonds is 5. The van der Waals surface area contributed by atoms with Crippen molar-refractivity contribution in [1.29, 1.82) is 0 Å². The third kappa shape index (κ3) is 9.09. The number of halogens is 4. The molecule has 2 amide bonds. The first-order valence-electron chi connectivity index (χ1n) is 10.4. The minimum Gasteiger partial charge on any atom is -0.475 e. The third-order valence-electron chi connectivity index (χ3n) is 5.26. The Kier molecular flexibility index (Phi) is 9.65. The number of aliphatic carboxylic acids is 1. The molecule has 0 saturated carbocycles. The zero-order valence-electron chi connectivity index (χ0n) is 17.9. The van der Waals surface area contributed by atoms with E-state index in [1.165, 1.54) is 6.07 Å². The molecule has 33 heavy (non-hydrogen) atoms. The van der Waals surface area contributed by atoms with Crippen LogP contribution in [0.25, 0.3) is 0 Å². The predicted octanol–water partition coefficient (Wildman–Crippen LogP) is 4.08. The van der Waals surface area contributed by atoms with Crippen LogP contribution < -0.4 is 11.1 Å². The van der Waals surface area contributed by atoms with Crippen molar-refractivity contribution >= 4 is 12.0 Å². The molecule has 0 aromatic heterocycles. The van der Waals surface area contributed by atoms with Crippen LogP contribution in [0.1, 0.15) is 29.5 Å². The van der Waals surface area contributed by atoms with Gasteiger partial charge < -0.3 is 21.1 Å². The molecule has 1 fully saturated rings. The predicted molar refractivity (Wildman–Crippen MR) is 115 cm³/mol. The van der Waals surface area contributed by atoms with E-state index in [1.54, 1.807) is 12.1 Å². The van der Waals surface area contributed by atoms with Gasteiger partial charge in [0.2, 0.25) is 0 Å². The van der Waals surface area contributed by atoms with E-state index in [0.29, 0.717) is 19.0 Å². The number of carboxylic acids is 1. The summed E-state index contributed by atoms with van der Waals surface area (Å²) in [6.07, 6.45) is -2.30. The molecular weight excluding hydrogens is 442 g/mol. The van der Waals surface area contributed by atoms with Gasteiger partial charge in [-0.15, -0.1) is 0 Å². The SMILES string of the molecule is NCc1ccc(CNC(=O)N2CCC(Cc3cccc(F)c3)CC2)cc1.O=C(O)C(F)(F)F. The van der Waals surface area contributed by atoms with E-state index < -0.39 is 12.1 Å². The maximum Gasteiger partial charge on any atom is 0.490 e. The normalized spacial score (nSPS) is 14.3. The molecule has 1 heterocycles. The van der Waals surface area contributed by atoms with E-state index in [1.807, 2.05) is 35.2 Å². The summed E-state index contributed by atoms with van der Waals surface area (Å²) in [4.78, 5) is 23.1. The van der Waals surface area contributed by atoms with Crippen molar-refractivity contribution in [3.05, 3.63) is 71.0 Å². The van der Waals surface area contributed by atoms with Crippen LogP contribution in [0.5, 0.6) is 0 Å². The number of hydrogen-bond donors (Lipinski definition) is 3. The molecule has 10 heteroatoms. The zero-order valence-corrected chi connectivity index (χ0v) is 17.9. The first-order valence-corrected chi connectivity index (χ1v) is 10.4. The lowest BCUT2D eigenvalue weighted by molar-refractivity contribution is -0.192. The molecule has 6 nitrogen and oxygen atoms in total. The van der Waals surface area contributed by atoms with Gasteiger partial charge in [-0.3, -0.25) is 0 Å². The van der Waals surface area contributed by atoms with Gasteiger partial charge in [0.15, 0.2) is 0 Å². The van der Waals surface area contributed by atoms with E-state index in [0.717, 1.165) is 49.0 Å². The molecule has 1 saturated heterocycles. The fraction of sp³-hybridized carbons (Fsp3) is 0.391. The smallest absolute Gasteiger partial charge is 0.475 e. The molecule has 1 aliphatic heterocycles. The molecule has 2 aromatic carbocycles. The standard InChI is InChI=1S/C21H26FN3O.C2HF3O2/c22-20-3-1-2-19(13-20)12-16-8-10-25(11-9-16)21(26)24-15-18-6-4-17(14-23)5-7-18;3-2(4,5)1(6)7/h1-7,13,16H,8-12,14-15,23H2,(H,24,26);(H,6,7). The van der Waals surface area contributed by atoms with Crippen LogP contribution in [-0.4, -0.2) is 41.3 Å². The Balaban J connectivity index is 0.000000479. The summed E-state index contributed by atoms with van der Waals surface area (Å²) in [6, 6.07) is 14.7. The van der Waals surface area contributed by atoms with E-state index in [9.17, 15) is 22.4 Å². The number of nitrogens with one attached hydrogen (secondary N) is 1. The number of piperidine rings is 1. The second-order valence-corrected chi connectivity index (χ2v) is 7.75. The quantitative estimate of drug-likeness (QED) is 0.575. The number of carbonyl (C=O) groups excluding carboxylic acids is 1. The lowest BCUT2D eigenvalue weighted by Crippen LogP contribution is -2.44. The Morgan fingerprint density at radius 2 is 1.61 bits per heavy atom. The van der Waals surface area contributed by atoms with Gasteiger partial charge >= 0.3 is 18.2 Å². The summed E-state index contributed by atoms with van der Waals surface area (Å²) >= 11 is 0. The summed E-state index contributed by atoms with van der Waals surface area (Å²) in [6.45, 7) is 2.54. The molecule has 0 radical (unpaired) electrons. The molecular formula is C23H27F4N3O3. The zero-order chi connectivity index (χ0) is 24.4. The number of benzene rings is 2. The number of nitrogens with zero attached hydrogens (tertiary/aromatic N) is 1. The van der Waals surface area contributed by atoms with Crippen molar-refractivity contribution in [3.8, 4) is 0 Å². The van der Waals surface area contributed by atoms with E-state index in [-0.39, 0.29) is 11.8 Å². The lowest BCUT2D eigenvalue weighted by atomic mass is 9.90. The van der Waals surface area contributed by atoms with Crippen molar-refractivity contribution in [2.75, 3.05) is 13.1 Å². The average Bonchev–Trinajstić information content (AvgIpc) is 2.78. The van der Waals surface area contributed by atoms with Crippen LogP contribution >= 0.6 is 0 Å². The van der Waals surface area contributed by atoms with Gasteiger partial charge in [-0.05, 0) is 54.0 Å². The molecule has 0 spiro atoms. The molecule has 4 N–H and O–H groups in total. The second kappa shape index (κ2) is 12.2. The Bertz CT molecular complexity index is 912. The fourth-order valence-corrected chi connectivity index (χ4v) is 3.42. The van der Waals surface area contributed by atoms with Crippen LogP contribution in [0.3, 0.4) is 0 Å². The maximum atomic E-state index is 13.3. The summed E-state index contributed by atoms with van der Waals surface area (Å²) in [5.74, 6) is -2.43. The van der Waals surface area contributed by atoms with E-state index in [4.69, 9.17) is 15.6 Å². The minimum absolute atomic E-state index is 0.0166. The number of urea groups is 1. The molecule has 0 unspecified atom stereocenters. The fourth-order valence-electron chi connectivity index (χ4n) is 3.42. The van der Waals surface area contributed by atoms with Crippen molar-refractivity contribution in [2.45, 2.75) is 38.5 Å². The molecule has 0 aliphatic carbocycles. The van der Waals surface area contributed by atoms with Gasteiger partial charge in [-0.2, -0.15) is 13.2 Å². The van der Waals surface area contributed by atoms with Crippen LogP contribution in [0.2, 0.25) is 0 Å². The van der Waals surface area contributed by atoms with Crippen molar-refractivity contribution < 1.29 is 32.3 Å². The van der Waals surface area contributed by atoms with Gasteiger partial charge in [0, 0.05) is 26.2 Å². The van der Waals surface area contributed by atoms with Crippen LogP contribution in [0, 0.1) is 11.7 Å². The molecule has 2 aromatic rings. The maximum absolute atomic E-state index is 13.3. The van der Waals surface area contributed by atoms with Crippen LogP contribution in [0.15, 0.2) is 48.5 Å². The third-order valence-corrected chi connectivity index (χ3v) is 5.26. The highest BCUT2D eigenvalue weighted by molar-refractivity contribution is 5.74. The first kappa shape index (κ1) is 26.1. The van der Waals surface area contributed by atoms with Crippen LogP contribution in [0.4, 0.5) is 22.4 Å². The minimum atomic E-state index is -5.08. The summed E-state index contributed by atoms with van der Waals surface area (Å²) in [5.41, 5.74) is 8.78. The molecule has 0 atom stereocenters. The highest BCUT2D eigenvalue weighted by atomic mass is 19.4. The topological polar surface area (TPSA) is 95.7 Å². The number of hydrogen-bond acceptors (Lipinski definition) is 3. The molecule has 3 rings (SSSR count). The molecule has 180 valence electrons. The number of carbonyl (C=O) groups is 2. The van der Waals surface area contributed by atoms with Crippen molar-refractivity contribution in [2.24, 2.45) is 11.7 Å². The highest BCUT2D eigenvalue weighted by Crippen LogP contribution is 2.22. The summed E-state index contributed by atoms with van der Waals surface area (Å²) in [7, 11) is 0. The lowest BCUT2D eigenvalue weighted by Gasteiger charge is -2.32. The van der Waals surface area contributed by atoms with E-state index in [2.05, 4.69) is 5.32 Å². The number of nitrogens with two attached hydrogens (primary N) is 1. The Morgan fingerprint density at radius 1 is 1.03 bits per heavy atom. The van der Waals surface area contributed by atoms with Gasteiger partial charge in [0.25, 0.3) is 0 Å². The van der Waals surface area contributed by atoms with Gasteiger partial charge in [-0.25, -0.2) is 14.0 Å². The first-order chi connectivity index (χ1) is 15.6. The Hall–Kier alpha value is -3.14. The van der Waals surface area contributed by atoms with Gasteiger partial charge in [-0.1, -0.05) is 36.4 Å². The van der Waals surface area contributed by atoms with E-state index >= 15 is 0 Å². The molecule has 1 aliphatic rings. The Morgan fingerprint density at radius 3 is 2.12 bits per heavy atom. The number of amides is 2. The summed E-state index contributed by atoms with van der Waals surface area (Å²) in [5, 5.41) is 10.1. The Labute approximate surface area is 189 Å². The average molecular weight is 469 g/mol. The van der Waals surface area contributed by atoms with Crippen LogP contribution in [-0.2, 0) is 24.3 Å². The monoisotopic (exact) mass is 469 g/mol.